The Bertz CT molecular complexity index is 893. The molecule has 0 aliphatic heterocycles. The van der Waals surface area contributed by atoms with Gasteiger partial charge in [0.2, 0.25) is 0 Å². The van der Waals surface area contributed by atoms with E-state index in [1.54, 1.807) is 0 Å². The Morgan fingerprint density at radius 2 is 1.35 bits per heavy atom. The summed E-state index contributed by atoms with van der Waals surface area (Å²) in [6, 6.07) is 27.6. The van der Waals surface area contributed by atoms with Crippen LogP contribution in [0.4, 0.5) is 0 Å². The molecule has 0 aliphatic rings. The summed E-state index contributed by atoms with van der Waals surface area (Å²) in [6.45, 7) is 2.00. The molecule has 0 atom stereocenters. The van der Waals surface area contributed by atoms with Crippen molar-refractivity contribution < 1.29 is 0 Å². The number of rotatable bonds is 3. The van der Waals surface area contributed by atoms with Crippen molar-refractivity contribution in [2.45, 2.75) is 6.92 Å². The predicted molar refractivity (Wildman–Crippen MR) is 96.4 cm³/mol. The van der Waals surface area contributed by atoms with E-state index in [1.165, 1.54) is 16.0 Å². The van der Waals surface area contributed by atoms with E-state index in [9.17, 15) is 0 Å². The maximum absolute atomic E-state index is 4.37. The topological polar surface area (TPSA) is 30.2 Å². The van der Waals surface area contributed by atoms with E-state index in [4.69, 9.17) is 0 Å². The molecule has 0 unspecified atom stereocenters. The third kappa shape index (κ3) is 2.54. The number of hydrogen-bond acceptors (Lipinski definition) is 2. The maximum Gasteiger partial charge on any atom is 0.0901 e. The van der Waals surface area contributed by atoms with Crippen molar-refractivity contribution in [3.05, 3.63) is 84.6 Å². The van der Waals surface area contributed by atoms with Crippen LogP contribution in [0.2, 0.25) is 0 Å². The van der Waals surface area contributed by atoms with Crippen LogP contribution < -0.4 is 16.0 Å². The Morgan fingerprint density at radius 3 is 1.96 bits per heavy atom. The monoisotopic (exact) mass is 317 g/mol. The van der Waals surface area contributed by atoms with Gasteiger partial charge in [0.05, 0.1) is 16.6 Å². The van der Waals surface area contributed by atoms with Crippen LogP contribution in [0.5, 0.6) is 0 Å². The van der Waals surface area contributed by atoms with Gasteiger partial charge in [-0.3, -0.25) is 0 Å². The van der Waals surface area contributed by atoms with Crippen LogP contribution in [-0.4, -0.2) is 14.8 Å². The van der Waals surface area contributed by atoms with E-state index in [1.807, 2.05) is 11.4 Å². The highest BCUT2D eigenvalue weighted by Gasteiger charge is 2.20. The normalized spacial score (nSPS) is 11.2. The molecule has 4 aromatic rings. The SMILES string of the molecule is Cc1nnn2c(P(c3ccccc3)c3ccccc3)cccc12. The molecular weight excluding hydrogens is 301 g/mol. The number of benzene rings is 2. The molecule has 0 bridgehead atoms. The van der Waals surface area contributed by atoms with Crippen LogP contribution in [0, 0.1) is 6.92 Å². The smallest absolute Gasteiger partial charge is 0.0901 e. The maximum atomic E-state index is 4.37. The molecule has 0 saturated heterocycles. The first kappa shape index (κ1) is 14.1. The van der Waals surface area contributed by atoms with Crippen molar-refractivity contribution in [3.8, 4) is 0 Å². The minimum atomic E-state index is -0.672. The predicted octanol–water partition coefficient (Wildman–Crippen LogP) is 2.80. The van der Waals surface area contributed by atoms with Gasteiger partial charge in [-0.2, -0.15) is 0 Å². The molecule has 0 spiro atoms. The van der Waals surface area contributed by atoms with Crippen molar-refractivity contribution in [1.29, 1.82) is 0 Å². The molecule has 3 nitrogen and oxygen atoms in total. The fourth-order valence-corrected chi connectivity index (χ4v) is 5.10. The Balaban J connectivity index is 1.98. The molecule has 0 fully saturated rings. The molecule has 0 aliphatic carbocycles. The zero-order valence-corrected chi connectivity index (χ0v) is 13.7. The van der Waals surface area contributed by atoms with E-state index in [0.29, 0.717) is 0 Å². The number of aromatic nitrogens is 3. The third-order valence-electron chi connectivity index (χ3n) is 3.86. The summed E-state index contributed by atoms with van der Waals surface area (Å²) in [5, 5.41) is 11.3. The number of fused-ring (bicyclic) bond motifs is 1. The molecule has 4 rings (SSSR count). The summed E-state index contributed by atoms with van der Waals surface area (Å²) in [6.07, 6.45) is 0. The molecule has 0 amide bonds. The van der Waals surface area contributed by atoms with Gasteiger partial charge in [-0.1, -0.05) is 71.9 Å². The van der Waals surface area contributed by atoms with Crippen LogP contribution in [-0.2, 0) is 0 Å². The van der Waals surface area contributed by atoms with Gasteiger partial charge < -0.3 is 0 Å². The second kappa shape index (κ2) is 5.94. The highest BCUT2D eigenvalue weighted by molar-refractivity contribution is 7.79. The van der Waals surface area contributed by atoms with Crippen LogP contribution in [0.25, 0.3) is 5.52 Å². The lowest BCUT2D eigenvalue weighted by Gasteiger charge is -2.19. The molecule has 0 N–H and O–H groups in total. The number of hydrogen-bond donors (Lipinski definition) is 0. The first-order valence-corrected chi connectivity index (χ1v) is 8.90. The number of aryl methyl sites for hydroxylation is 1. The van der Waals surface area contributed by atoms with E-state index in [2.05, 4.69) is 89.2 Å². The first-order valence-electron chi connectivity index (χ1n) is 7.56. The average molecular weight is 317 g/mol. The van der Waals surface area contributed by atoms with Crippen LogP contribution in [0.15, 0.2) is 78.9 Å². The van der Waals surface area contributed by atoms with Crippen molar-refractivity contribution in [3.63, 3.8) is 0 Å². The molecule has 23 heavy (non-hydrogen) atoms. The van der Waals surface area contributed by atoms with Gasteiger partial charge in [-0.25, -0.2) is 4.52 Å². The van der Waals surface area contributed by atoms with Crippen LogP contribution in [0.1, 0.15) is 5.69 Å². The van der Waals surface area contributed by atoms with Crippen LogP contribution in [0.3, 0.4) is 0 Å². The summed E-state index contributed by atoms with van der Waals surface area (Å²) < 4.78 is 1.99. The Kier molecular flexibility index (Phi) is 3.64. The minimum Gasteiger partial charge on any atom is -0.212 e. The molecular formula is C19H16N3P. The second-order valence-corrected chi connectivity index (χ2v) is 7.52. The van der Waals surface area contributed by atoms with Gasteiger partial charge in [0.1, 0.15) is 0 Å². The molecule has 0 saturated carbocycles. The van der Waals surface area contributed by atoms with Crippen molar-refractivity contribution >= 4 is 29.5 Å². The lowest BCUT2D eigenvalue weighted by Crippen LogP contribution is -2.25. The number of nitrogens with zero attached hydrogens (tertiary/aromatic N) is 3. The lowest BCUT2D eigenvalue weighted by atomic mass is 10.3. The van der Waals surface area contributed by atoms with Gasteiger partial charge >= 0.3 is 0 Å². The molecule has 0 radical (unpaired) electrons. The van der Waals surface area contributed by atoms with E-state index in [0.717, 1.165) is 11.2 Å². The molecule has 4 heteroatoms. The van der Waals surface area contributed by atoms with Crippen molar-refractivity contribution in [2.24, 2.45) is 0 Å². The summed E-state index contributed by atoms with van der Waals surface area (Å²) >= 11 is 0. The standard InChI is InChI=1S/C19H16N3P/c1-15-18-13-8-14-19(22(18)21-20-15)23(16-9-4-2-5-10-16)17-11-6-3-7-12-17/h2-14H,1H3. The largest absolute Gasteiger partial charge is 0.212 e. The Hall–Kier alpha value is -2.51. The zero-order chi connectivity index (χ0) is 15.6. The van der Waals surface area contributed by atoms with Crippen molar-refractivity contribution in [1.82, 2.24) is 14.8 Å². The average Bonchev–Trinajstić information content (AvgIpc) is 2.99. The number of pyridine rings is 1. The zero-order valence-electron chi connectivity index (χ0n) is 12.8. The second-order valence-electron chi connectivity index (χ2n) is 5.36. The fraction of sp³-hybridized carbons (Fsp3) is 0.0526. The van der Waals surface area contributed by atoms with Gasteiger partial charge in [0.25, 0.3) is 0 Å². The third-order valence-corrected chi connectivity index (χ3v) is 6.28. The highest BCUT2D eigenvalue weighted by atomic mass is 31.1. The summed E-state index contributed by atoms with van der Waals surface area (Å²) in [7, 11) is -0.672. The molecule has 112 valence electrons. The van der Waals surface area contributed by atoms with Crippen molar-refractivity contribution in [2.75, 3.05) is 0 Å². The fourth-order valence-electron chi connectivity index (χ4n) is 2.76. The van der Waals surface area contributed by atoms with E-state index < -0.39 is 7.92 Å². The van der Waals surface area contributed by atoms with Gasteiger partial charge in [0.15, 0.2) is 0 Å². The quantitative estimate of drug-likeness (QED) is 0.544. The van der Waals surface area contributed by atoms with Gasteiger partial charge in [-0.05, 0) is 29.7 Å². The lowest BCUT2D eigenvalue weighted by molar-refractivity contribution is 0.867. The molecule has 2 aromatic heterocycles. The van der Waals surface area contributed by atoms with E-state index in [-0.39, 0.29) is 0 Å². The summed E-state index contributed by atoms with van der Waals surface area (Å²) in [5.74, 6) is 0. The summed E-state index contributed by atoms with van der Waals surface area (Å²) in [4.78, 5) is 0. The van der Waals surface area contributed by atoms with Gasteiger partial charge in [0, 0.05) is 7.92 Å². The summed E-state index contributed by atoms with van der Waals surface area (Å²) in [5.41, 5.74) is 3.22. The van der Waals surface area contributed by atoms with E-state index >= 15 is 0 Å². The highest BCUT2D eigenvalue weighted by Crippen LogP contribution is 2.32. The van der Waals surface area contributed by atoms with Gasteiger partial charge in [-0.15, -0.1) is 5.10 Å². The first-order chi connectivity index (χ1) is 11.3. The molecule has 2 heterocycles. The molecule has 2 aromatic carbocycles. The minimum absolute atomic E-state index is 0.672. The Morgan fingerprint density at radius 1 is 0.739 bits per heavy atom. The van der Waals surface area contributed by atoms with Crippen LogP contribution >= 0.6 is 7.92 Å². The Labute approximate surface area is 136 Å².